The lowest BCUT2D eigenvalue weighted by Crippen LogP contribution is -2.02. The zero-order chi connectivity index (χ0) is 13.2. The molecular formula is C15H11Cl2NO. The fourth-order valence-electron chi connectivity index (χ4n) is 2.14. The fourth-order valence-corrected chi connectivity index (χ4v) is 2.76. The quantitative estimate of drug-likeness (QED) is 0.774. The third-order valence-electron chi connectivity index (χ3n) is 3.09. The molecule has 2 aromatic carbocycles. The molecule has 0 aromatic heterocycles. The second-order valence-electron chi connectivity index (χ2n) is 4.34. The zero-order valence-electron chi connectivity index (χ0n) is 10.0. The third kappa shape index (κ3) is 2.46. The molecule has 0 bridgehead atoms. The van der Waals surface area contributed by atoms with Crippen LogP contribution in [0.1, 0.15) is 23.7 Å². The fraction of sp³-hybridized carbons (Fsp3) is 0.133. The molecular weight excluding hydrogens is 281 g/mol. The van der Waals surface area contributed by atoms with Gasteiger partial charge in [0.25, 0.3) is 0 Å². The van der Waals surface area contributed by atoms with Crippen LogP contribution in [0.2, 0.25) is 10.0 Å². The maximum atomic E-state index is 6.18. The summed E-state index contributed by atoms with van der Waals surface area (Å²) >= 11 is 12.4. The molecule has 2 aromatic rings. The summed E-state index contributed by atoms with van der Waals surface area (Å²) in [5.41, 5.74) is 2.66. The summed E-state index contributed by atoms with van der Waals surface area (Å²) in [6, 6.07) is 15.4. The molecule has 4 heteroatoms. The van der Waals surface area contributed by atoms with Crippen molar-refractivity contribution in [2.24, 2.45) is 5.16 Å². The molecule has 1 unspecified atom stereocenters. The Labute approximate surface area is 121 Å². The molecule has 1 aliphatic rings. The molecule has 0 N–H and O–H groups in total. The third-order valence-corrected chi connectivity index (χ3v) is 3.72. The van der Waals surface area contributed by atoms with Crippen molar-refractivity contribution in [2.75, 3.05) is 0 Å². The largest absolute Gasteiger partial charge is 0.387 e. The topological polar surface area (TPSA) is 21.6 Å². The van der Waals surface area contributed by atoms with Crippen LogP contribution in [0.15, 0.2) is 53.7 Å². The van der Waals surface area contributed by atoms with Gasteiger partial charge in [-0.15, -0.1) is 0 Å². The van der Waals surface area contributed by atoms with E-state index in [0.717, 1.165) is 16.8 Å². The van der Waals surface area contributed by atoms with Crippen molar-refractivity contribution in [2.45, 2.75) is 12.5 Å². The van der Waals surface area contributed by atoms with Gasteiger partial charge in [-0.3, -0.25) is 0 Å². The smallest absolute Gasteiger partial charge is 0.158 e. The summed E-state index contributed by atoms with van der Waals surface area (Å²) in [6.45, 7) is 0. The zero-order valence-corrected chi connectivity index (χ0v) is 11.5. The SMILES string of the molecule is Clc1cccc(Cl)c1C1=NOC(c2ccccc2)C1. The first kappa shape index (κ1) is 12.5. The van der Waals surface area contributed by atoms with E-state index in [0.29, 0.717) is 16.5 Å². The molecule has 3 rings (SSSR count). The lowest BCUT2D eigenvalue weighted by atomic mass is 10.0. The summed E-state index contributed by atoms with van der Waals surface area (Å²) in [5, 5.41) is 5.33. The van der Waals surface area contributed by atoms with Gasteiger partial charge in [-0.05, 0) is 17.7 Å². The van der Waals surface area contributed by atoms with Crippen molar-refractivity contribution in [3.8, 4) is 0 Å². The van der Waals surface area contributed by atoms with Crippen LogP contribution in [0.5, 0.6) is 0 Å². The van der Waals surface area contributed by atoms with E-state index in [1.165, 1.54) is 0 Å². The minimum Gasteiger partial charge on any atom is -0.387 e. The molecule has 96 valence electrons. The molecule has 19 heavy (non-hydrogen) atoms. The van der Waals surface area contributed by atoms with Gasteiger partial charge in [-0.25, -0.2) is 0 Å². The number of nitrogens with zero attached hydrogens (tertiary/aromatic N) is 1. The van der Waals surface area contributed by atoms with E-state index in [4.69, 9.17) is 28.0 Å². The number of benzene rings is 2. The molecule has 0 saturated carbocycles. The minimum absolute atomic E-state index is 0.0662. The number of hydrogen-bond acceptors (Lipinski definition) is 2. The van der Waals surface area contributed by atoms with E-state index in [1.54, 1.807) is 12.1 Å². The minimum atomic E-state index is -0.0662. The molecule has 0 amide bonds. The van der Waals surface area contributed by atoms with E-state index in [9.17, 15) is 0 Å². The Bertz CT molecular complexity index is 605. The van der Waals surface area contributed by atoms with Gasteiger partial charge in [0.15, 0.2) is 6.10 Å². The maximum Gasteiger partial charge on any atom is 0.158 e. The first-order valence-electron chi connectivity index (χ1n) is 5.98. The van der Waals surface area contributed by atoms with E-state index >= 15 is 0 Å². The second kappa shape index (κ2) is 5.24. The summed E-state index contributed by atoms with van der Waals surface area (Å²) in [4.78, 5) is 5.49. The molecule has 0 fully saturated rings. The normalized spacial score (nSPS) is 18.0. The van der Waals surface area contributed by atoms with Gasteiger partial charge in [0.2, 0.25) is 0 Å². The lowest BCUT2D eigenvalue weighted by Gasteiger charge is -2.08. The average Bonchev–Trinajstić information content (AvgIpc) is 2.89. The van der Waals surface area contributed by atoms with Crippen LogP contribution in [-0.4, -0.2) is 5.71 Å². The van der Waals surface area contributed by atoms with Gasteiger partial charge in [0.1, 0.15) is 0 Å². The molecule has 1 heterocycles. The Morgan fingerprint density at radius 3 is 2.32 bits per heavy atom. The molecule has 2 nitrogen and oxygen atoms in total. The number of hydrogen-bond donors (Lipinski definition) is 0. The molecule has 1 atom stereocenters. The number of rotatable bonds is 2. The van der Waals surface area contributed by atoms with Crippen LogP contribution < -0.4 is 0 Å². The van der Waals surface area contributed by atoms with E-state index in [2.05, 4.69) is 5.16 Å². The Hall–Kier alpha value is -1.51. The summed E-state index contributed by atoms with van der Waals surface area (Å²) in [5.74, 6) is 0. The van der Waals surface area contributed by atoms with Crippen LogP contribution in [0, 0.1) is 0 Å². The average molecular weight is 292 g/mol. The Balaban J connectivity index is 1.87. The van der Waals surface area contributed by atoms with E-state index < -0.39 is 0 Å². The van der Waals surface area contributed by atoms with Crippen molar-refractivity contribution in [1.82, 2.24) is 0 Å². The Kier molecular flexibility index (Phi) is 3.45. The maximum absolute atomic E-state index is 6.18. The highest BCUT2D eigenvalue weighted by atomic mass is 35.5. The highest BCUT2D eigenvalue weighted by molar-refractivity contribution is 6.40. The van der Waals surface area contributed by atoms with Crippen LogP contribution in [0.4, 0.5) is 0 Å². The highest BCUT2D eigenvalue weighted by Crippen LogP contribution is 2.34. The first-order valence-corrected chi connectivity index (χ1v) is 6.73. The van der Waals surface area contributed by atoms with Gasteiger partial charge >= 0.3 is 0 Å². The standard InChI is InChI=1S/C15H11Cl2NO/c16-11-7-4-8-12(17)15(11)13-9-14(19-18-13)10-5-2-1-3-6-10/h1-8,14H,9H2. The van der Waals surface area contributed by atoms with Crippen LogP contribution in [0.25, 0.3) is 0 Å². The van der Waals surface area contributed by atoms with Crippen molar-refractivity contribution < 1.29 is 4.84 Å². The van der Waals surface area contributed by atoms with Crippen molar-refractivity contribution in [1.29, 1.82) is 0 Å². The van der Waals surface area contributed by atoms with E-state index in [-0.39, 0.29) is 6.10 Å². The Morgan fingerprint density at radius 2 is 1.63 bits per heavy atom. The molecule has 0 radical (unpaired) electrons. The lowest BCUT2D eigenvalue weighted by molar-refractivity contribution is 0.0857. The summed E-state index contributed by atoms with van der Waals surface area (Å²) < 4.78 is 0. The van der Waals surface area contributed by atoms with Gasteiger partial charge in [-0.2, -0.15) is 0 Å². The van der Waals surface area contributed by atoms with Crippen molar-refractivity contribution in [3.63, 3.8) is 0 Å². The summed E-state index contributed by atoms with van der Waals surface area (Å²) in [7, 11) is 0. The Morgan fingerprint density at radius 1 is 0.947 bits per heavy atom. The van der Waals surface area contributed by atoms with Gasteiger partial charge in [0.05, 0.1) is 15.8 Å². The van der Waals surface area contributed by atoms with Gasteiger partial charge in [-0.1, -0.05) is 64.8 Å². The van der Waals surface area contributed by atoms with Gasteiger partial charge in [0, 0.05) is 12.0 Å². The van der Waals surface area contributed by atoms with Crippen LogP contribution in [0.3, 0.4) is 0 Å². The highest BCUT2D eigenvalue weighted by Gasteiger charge is 2.26. The number of halogens is 2. The molecule has 0 spiro atoms. The molecule has 0 aliphatic carbocycles. The first-order chi connectivity index (χ1) is 9.25. The monoisotopic (exact) mass is 291 g/mol. The van der Waals surface area contributed by atoms with Crippen LogP contribution >= 0.6 is 23.2 Å². The van der Waals surface area contributed by atoms with Crippen molar-refractivity contribution in [3.05, 3.63) is 69.7 Å². The predicted octanol–water partition coefficient (Wildman–Crippen LogP) is 4.86. The van der Waals surface area contributed by atoms with E-state index in [1.807, 2.05) is 36.4 Å². The van der Waals surface area contributed by atoms with Crippen molar-refractivity contribution >= 4 is 28.9 Å². The van der Waals surface area contributed by atoms with Crippen LogP contribution in [-0.2, 0) is 4.84 Å². The van der Waals surface area contributed by atoms with Gasteiger partial charge < -0.3 is 4.84 Å². The molecule has 1 aliphatic heterocycles. The summed E-state index contributed by atoms with van der Waals surface area (Å²) in [6.07, 6.45) is 0.608. The number of oxime groups is 1. The second-order valence-corrected chi connectivity index (χ2v) is 5.16. The molecule has 0 saturated heterocycles. The predicted molar refractivity (Wildman–Crippen MR) is 77.9 cm³/mol.